The van der Waals surface area contributed by atoms with Gasteiger partial charge in [-0.25, -0.2) is 4.57 Å². The van der Waals surface area contributed by atoms with E-state index in [1.54, 1.807) is 0 Å². The Kier molecular flexibility index (Phi) is 71.9. The van der Waals surface area contributed by atoms with E-state index in [0.717, 1.165) is 103 Å². The maximum Gasteiger partial charge on any atom is 0.472 e. The largest absolute Gasteiger partial charge is 0.472 e. The quantitative estimate of drug-likeness (QED) is 0.0264. The number of ether oxygens (including phenoxy) is 2. The molecule has 0 heterocycles. The molecule has 0 amide bonds. The van der Waals surface area contributed by atoms with Crippen molar-refractivity contribution in [3.63, 3.8) is 0 Å². The number of rotatable bonds is 71. The highest BCUT2D eigenvalue weighted by Gasteiger charge is 2.26. The molecule has 520 valence electrons. The Bertz CT molecular complexity index is 1850. The standard InChI is InChI=1S/C80H142NO8P/c1-3-5-7-9-11-13-15-17-19-21-23-25-27-29-31-33-35-36-37-38-39-40-41-42-43-45-47-49-51-53-55-57-59-61-63-65-67-69-71-73-80(83)89-78(77-88-90(84,85)87-75-74-81)76-86-79(82)72-70-68-66-64-62-60-58-56-54-52-50-48-46-44-34-32-30-28-26-24-22-20-18-16-14-12-10-8-6-4-2/h5,7,11,13,17,19,23,25,29,31,35-36,38-39,41-42,45,47,78H,3-4,6,8-10,12,14-16,18,20-22,24,26-28,30,32-34,37,40,43-44,46,48-77,81H2,1-2H3,(H,84,85)/b7-5-,13-11-,19-17-,25-23-,31-29-,36-35-,39-38-,42-41-,47-45-. The van der Waals surface area contributed by atoms with Gasteiger partial charge in [-0.05, 0) is 83.5 Å². The number of nitrogens with two attached hydrogens (primary N) is 1. The zero-order valence-electron chi connectivity index (χ0n) is 58.6. The van der Waals surface area contributed by atoms with Gasteiger partial charge in [0.15, 0.2) is 6.10 Å². The zero-order chi connectivity index (χ0) is 65.1. The van der Waals surface area contributed by atoms with Crippen LogP contribution in [0.4, 0.5) is 0 Å². The number of carbonyl (C=O) groups is 2. The second kappa shape index (κ2) is 74.7. The van der Waals surface area contributed by atoms with Crippen LogP contribution in [0.15, 0.2) is 109 Å². The number of phosphoric acid groups is 1. The van der Waals surface area contributed by atoms with Crippen LogP contribution in [-0.4, -0.2) is 49.3 Å². The van der Waals surface area contributed by atoms with Crippen molar-refractivity contribution in [2.45, 2.75) is 360 Å². The van der Waals surface area contributed by atoms with Crippen LogP contribution >= 0.6 is 7.82 Å². The summed E-state index contributed by atoms with van der Waals surface area (Å²) in [6.07, 6.45) is 103. The number of unbranched alkanes of at least 4 members (excludes halogenated alkanes) is 40. The van der Waals surface area contributed by atoms with Gasteiger partial charge in [0.2, 0.25) is 0 Å². The lowest BCUT2D eigenvalue weighted by Gasteiger charge is -2.19. The number of carbonyl (C=O) groups excluding carboxylic acids is 2. The van der Waals surface area contributed by atoms with Crippen molar-refractivity contribution in [2.24, 2.45) is 5.73 Å². The highest BCUT2D eigenvalue weighted by atomic mass is 31.2. The lowest BCUT2D eigenvalue weighted by Crippen LogP contribution is -2.29. The van der Waals surface area contributed by atoms with Crippen LogP contribution in [0.1, 0.15) is 354 Å². The van der Waals surface area contributed by atoms with Crippen molar-refractivity contribution in [1.29, 1.82) is 0 Å². The molecule has 2 atom stereocenters. The minimum atomic E-state index is -4.40. The Morgan fingerprint density at radius 1 is 0.344 bits per heavy atom. The summed E-state index contributed by atoms with van der Waals surface area (Å²) in [5, 5.41) is 0. The molecule has 9 nitrogen and oxygen atoms in total. The fourth-order valence-corrected chi connectivity index (χ4v) is 11.6. The second-order valence-electron chi connectivity index (χ2n) is 25.1. The van der Waals surface area contributed by atoms with Crippen molar-refractivity contribution >= 4 is 19.8 Å². The molecule has 0 radical (unpaired) electrons. The number of hydrogen-bond acceptors (Lipinski definition) is 8. The van der Waals surface area contributed by atoms with E-state index < -0.39 is 26.5 Å². The van der Waals surface area contributed by atoms with Gasteiger partial charge in [-0.15, -0.1) is 0 Å². The molecule has 10 heteroatoms. The monoisotopic (exact) mass is 1280 g/mol. The summed E-state index contributed by atoms with van der Waals surface area (Å²) in [7, 11) is -4.40. The van der Waals surface area contributed by atoms with E-state index >= 15 is 0 Å². The van der Waals surface area contributed by atoms with Crippen LogP contribution in [0.3, 0.4) is 0 Å². The van der Waals surface area contributed by atoms with E-state index in [1.807, 2.05) is 0 Å². The molecule has 2 unspecified atom stereocenters. The van der Waals surface area contributed by atoms with E-state index in [1.165, 1.54) is 218 Å². The fourth-order valence-electron chi connectivity index (χ4n) is 10.9. The Morgan fingerprint density at radius 3 is 0.911 bits per heavy atom. The van der Waals surface area contributed by atoms with Gasteiger partial charge in [-0.3, -0.25) is 18.6 Å². The SMILES string of the molecule is CC/C=C\C/C=C\C/C=C\C/C=C\C/C=C\C/C=C\C/C=C\C/C=C\C/C=C\CCCCCCCCCCCCCC(=O)OC(COC(=O)CCCCCCCCCCCCCCCCCCCCCCCCCCCCCCCC)COP(=O)(O)OCCN. The topological polar surface area (TPSA) is 134 Å². The van der Waals surface area contributed by atoms with Crippen molar-refractivity contribution in [3.8, 4) is 0 Å². The van der Waals surface area contributed by atoms with Crippen LogP contribution in [0.25, 0.3) is 0 Å². The van der Waals surface area contributed by atoms with Crippen molar-refractivity contribution in [1.82, 2.24) is 0 Å². The number of allylic oxidation sites excluding steroid dienone is 18. The van der Waals surface area contributed by atoms with Gasteiger partial charge in [0.05, 0.1) is 13.2 Å². The smallest absolute Gasteiger partial charge is 0.462 e. The molecule has 0 saturated heterocycles. The Balaban J connectivity index is 3.87. The van der Waals surface area contributed by atoms with Crippen LogP contribution in [-0.2, 0) is 32.7 Å². The lowest BCUT2D eigenvalue weighted by atomic mass is 10.0. The second-order valence-corrected chi connectivity index (χ2v) is 26.6. The van der Waals surface area contributed by atoms with Gasteiger partial charge in [0, 0.05) is 19.4 Å². The molecule has 0 aromatic heterocycles. The van der Waals surface area contributed by atoms with Crippen LogP contribution in [0.2, 0.25) is 0 Å². The highest BCUT2D eigenvalue weighted by Crippen LogP contribution is 2.43. The van der Waals surface area contributed by atoms with E-state index in [9.17, 15) is 19.0 Å². The minimum Gasteiger partial charge on any atom is -0.462 e. The molecule has 0 rings (SSSR count). The van der Waals surface area contributed by atoms with Gasteiger partial charge < -0.3 is 20.1 Å². The van der Waals surface area contributed by atoms with Gasteiger partial charge in [-0.2, -0.15) is 0 Å². The molecule has 0 aliphatic carbocycles. The molecule has 0 aromatic rings. The minimum absolute atomic E-state index is 0.0506. The predicted octanol–water partition coefficient (Wildman–Crippen LogP) is 25.3. The van der Waals surface area contributed by atoms with Crippen LogP contribution < -0.4 is 5.73 Å². The maximum absolute atomic E-state index is 12.8. The zero-order valence-corrected chi connectivity index (χ0v) is 59.5. The summed E-state index contributed by atoms with van der Waals surface area (Å²) in [5.41, 5.74) is 5.41. The number of esters is 2. The summed E-state index contributed by atoms with van der Waals surface area (Å²) < 4.78 is 33.2. The lowest BCUT2D eigenvalue weighted by molar-refractivity contribution is -0.161. The Hall–Kier alpha value is -3.33. The van der Waals surface area contributed by atoms with Gasteiger partial charge in [0.25, 0.3) is 0 Å². The van der Waals surface area contributed by atoms with Crippen molar-refractivity contribution in [2.75, 3.05) is 26.4 Å². The van der Waals surface area contributed by atoms with E-state index in [2.05, 4.69) is 123 Å². The van der Waals surface area contributed by atoms with E-state index in [0.29, 0.717) is 6.42 Å². The van der Waals surface area contributed by atoms with E-state index in [4.69, 9.17) is 24.3 Å². The van der Waals surface area contributed by atoms with Crippen LogP contribution in [0, 0.1) is 0 Å². The first-order chi connectivity index (χ1) is 44.3. The maximum atomic E-state index is 12.8. The first-order valence-electron chi connectivity index (χ1n) is 37.9. The predicted molar refractivity (Wildman–Crippen MR) is 390 cm³/mol. The van der Waals surface area contributed by atoms with Crippen molar-refractivity contribution < 1.29 is 37.6 Å². The molecule has 0 spiro atoms. The average Bonchev–Trinajstić information content (AvgIpc) is 3.75. The van der Waals surface area contributed by atoms with Gasteiger partial charge >= 0.3 is 19.8 Å². The molecule has 3 N–H and O–H groups in total. The molecule has 0 aliphatic heterocycles. The normalized spacial score (nSPS) is 13.5. The summed E-state index contributed by atoms with van der Waals surface area (Å²) in [5.74, 6) is -0.820. The van der Waals surface area contributed by atoms with Gasteiger partial charge in [-0.1, -0.05) is 367 Å². The van der Waals surface area contributed by atoms with Crippen molar-refractivity contribution in [3.05, 3.63) is 109 Å². The fraction of sp³-hybridized carbons (Fsp3) is 0.750. The molecule has 0 bridgehead atoms. The molecule has 0 aliphatic rings. The number of hydrogen-bond donors (Lipinski definition) is 2. The molecular formula is C80H142NO8P. The Morgan fingerprint density at radius 2 is 0.611 bits per heavy atom. The summed E-state index contributed by atoms with van der Waals surface area (Å²) in [6.45, 7) is 3.68. The molecule has 90 heavy (non-hydrogen) atoms. The molecule has 0 saturated carbocycles. The van der Waals surface area contributed by atoms with Crippen LogP contribution in [0.5, 0.6) is 0 Å². The van der Waals surface area contributed by atoms with E-state index in [-0.39, 0.29) is 38.6 Å². The average molecular weight is 1280 g/mol. The summed E-state index contributed by atoms with van der Waals surface area (Å²) in [6, 6.07) is 0. The highest BCUT2D eigenvalue weighted by molar-refractivity contribution is 7.47. The Labute approximate surface area is 556 Å². The third-order valence-electron chi connectivity index (χ3n) is 16.4. The molecule has 0 aromatic carbocycles. The van der Waals surface area contributed by atoms with Gasteiger partial charge in [0.1, 0.15) is 6.61 Å². The molecule has 0 fully saturated rings. The first-order valence-corrected chi connectivity index (χ1v) is 39.4. The summed E-state index contributed by atoms with van der Waals surface area (Å²) in [4.78, 5) is 35.4. The first kappa shape index (κ1) is 86.7. The number of phosphoric ester groups is 1. The third kappa shape index (κ3) is 73.7. The summed E-state index contributed by atoms with van der Waals surface area (Å²) >= 11 is 0. The third-order valence-corrected chi connectivity index (χ3v) is 17.4. The molecular weight excluding hydrogens is 1130 g/mol.